The molecule has 0 saturated carbocycles. The number of para-hydroxylation sites is 1. The molecule has 2 heterocycles. The number of benzene rings is 1. The van der Waals surface area contributed by atoms with Crippen molar-refractivity contribution in [2.75, 3.05) is 12.4 Å². The summed E-state index contributed by atoms with van der Waals surface area (Å²) < 4.78 is 1.94. The van der Waals surface area contributed by atoms with E-state index in [1.165, 1.54) is 55.0 Å². The molecule has 0 aliphatic heterocycles. The van der Waals surface area contributed by atoms with Crippen molar-refractivity contribution in [3.63, 3.8) is 0 Å². The van der Waals surface area contributed by atoms with Crippen LogP contribution < -0.4 is 5.32 Å². The summed E-state index contributed by atoms with van der Waals surface area (Å²) >= 11 is 0. The minimum absolute atomic E-state index is 0. The van der Waals surface area contributed by atoms with Crippen LogP contribution in [0.5, 0.6) is 0 Å². The van der Waals surface area contributed by atoms with Crippen molar-refractivity contribution in [2.24, 2.45) is 0 Å². The Kier molecular flexibility index (Phi) is 18.5. The SMILES string of the molecule is CCCCC(=Bn1cc(C)cn1)CCC.CN(C=N)[CH-]Nc1[c-]cccc1.Cc1cn[nH]c1.[Pt+2]. The first kappa shape index (κ1) is 31.5. The van der Waals surface area contributed by atoms with Crippen LogP contribution in [-0.4, -0.2) is 50.7 Å². The average molecular weight is 643 g/mol. The fourth-order valence-corrected chi connectivity index (χ4v) is 2.68. The maximum atomic E-state index is 6.89. The van der Waals surface area contributed by atoms with Crippen molar-refractivity contribution in [2.45, 2.75) is 59.8 Å². The van der Waals surface area contributed by atoms with Crippen LogP contribution in [0.2, 0.25) is 0 Å². The van der Waals surface area contributed by atoms with Gasteiger partial charge in [-0.25, -0.2) is 0 Å². The number of aromatic nitrogens is 4. The number of H-pyrrole nitrogens is 1. The zero-order valence-electron chi connectivity index (χ0n) is 21.0. The molecule has 0 atom stereocenters. The van der Waals surface area contributed by atoms with Gasteiger partial charge in [0.2, 0.25) is 0 Å². The monoisotopic (exact) mass is 642 g/mol. The normalized spacial score (nSPS) is 9.85. The van der Waals surface area contributed by atoms with Gasteiger partial charge in [0.1, 0.15) is 0 Å². The van der Waals surface area contributed by atoms with Gasteiger partial charge in [-0.2, -0.15) is 42.1 Å². The van der Waals surface area contributed by atoms with E-state index < -0.39 is 0 Å². The number of anilines is 1. The van der Waals surface area contributed by atoms with Crippen molar-refractivity contribution in [3.05, 3.63) is 72.9 Å². The van der Waals surface area contributed by atoms with Gasteiger partial charge in [-0.1, -0.05) is 0 Å². The second kappa shape index (κ2) is 20.0. The topological polar surface area (TPSA) is 85.6 Å². The van der Waals surface area contributed by atoms with Gasteiger partial charge < -0.3 is 10.2 Å². The minimum Gasteiger partial charge on any atom is -0.536 e. The van der Waals surface area contributed by atoms with Crippen molar-refractivity contribution in [1.29, 1.82) is 5.41 Å². The van der Waals surface area contributed by atoms with Crippen LogP contribution in [0.25, 0.3) is 0 Å². The molecule has 0 bridgehead atoms. The maximum Gasteiger partial charge on any atom is 2.00 e. The van der Waals surface area contributed by atoms with E-state index in [2.05, 4.69) is 60.7 Å². The van der Waals surface area contributed by atoms with E-state index in [0.717, 1.165) is 5.69 Å². The minimum atomic E-state index is 0. The molecule has 0 aliphatic rings. The molecular weight excluding hydrogens is 604 g/mol. The van der Waals surface area contributed by atoms with Gasteiger partial charge >= 0.3 is 114 Å². The van der Waals surface area contributed by atoms with Gasteiger partial charge in [0, 0.05) is 6.20 Å². The second-order valence-corrected chi connectivity index (χ2v) is 7.76. The van der Waals surface area contributed by atoms with Crippen LogP contribution in [0, 0.1) is 32.0 Å². The number of hydrogen-bond donors (Lipinski definition) is 3. The molecule has 1 aromatic carbocycles. The molecular formula is C25H38BN7Pt. The van der Waals surface area contributed by atoms with Crippen LogP contribution >= 0.6 is 0 Å². The van der Waals surface area contributed by atoms with E-state index in [1.807, 2.05) is 48.2 Å². The van der Waals surface area contributed by atoms with Gasteiger partial charge in [-0.15, -0.1) is 5.69 Å². The molecule has 0 saturated heterocycles. The molecule has 3 N–H and O–H groups in total. The quantitative estimate of drug-likeness (QED) is 0.125. The van der Waals surface area contributed by atoms with E-state index >= 15 is 0 Å². The molecule has 0 aliphatic carbocycles. The number of aryl methyl sites for hydroxylation is 2. The molecule has 2 aromatic heterocycles. The third kappa shape index (κ3) is 15.4. The smallest absolute Gasteiger partial charge is 0.536 e. The number of aromatic amines is 1. The first-order chi connectivity index (χ1) is 16.0. The van der Waals surface area contributed by atoms with Gasteiger partial charge in [0.15, 0.2) is 0 Å². The average Bonchev–Trinajstić information content (AvgIpc) is 3.48. The Morgan fingerprint density at radius 3 is 2.50 bits per heavy atom. The Morgan fingerprint density at radius 1 is 1.24 bits per heavy atom. The van der Waals surface area contributed by atoms with E-state index in [9.17, 15) is 0 Å². The van der Waals surface area contributed by atoms with Crippen molar-refractivity contribution in [1.82, 2.24) is 24.8 Å². The van der Waals surface area contributed by atoms with Crippen molar-refractivity contribution >= 4 is 24.5 Å². The van der Waals surface area contributed by atoms with Gasteiger partial charge in [-0.05, 0) is 19.5 Å². The summed E-state index contributed by atoms with van der Waals surface area (Å²) in [7, 11) is 3.97. The van der Waals surface area contributed by atoms with Crippen LogP contribution in [0.4, 0.5) is 5.69 Å². The zero-order chi connectivity index (χ0) is 24.3. The van der Waals surface area contributed by atoms with E-state index in [1.54, 1.807) is 24.8 Å². The van der Waals surface area contributed by atoms with Crippen LogP contribution in [0.15, 0.2) is 49.1 Å². The first-order valence-corrected chi connectivity index (χ1v) is 11.4. The summed E-state index contributed by atoms with van der Waals surface area (Å²) in [5.74, 6) is 0. The molecule has 34 heavy (non-hydrogen) atoms. The first-order valence-electron chi connectivity index (χ1n) is 11.4. The molecule has 0 fully saturated rings. The third-order valence-corrected chi connectivity index (χ3v) is 4.44. The Hall–Kier alpha value is -2.47. The fourth-order valence-electron chi connectivity index (χ4n) is 2.68. The van der Waals surface area contributed by atoms with E-state index in [0.29, 0.717) is 0 Å². The third-order valence-electron chi connectivity index (χ3n) is 4.44. The molecule has 186 valence electrons. The second-order valence-electron chi connectivity index (χ2n) is 7.76. The Balaban J connectivity index is 0.000000511. The van der Waals surface area contributed by atoms with Crippen LogP contribution in [0.1, 0.15) is 57.1 Å². The molecule has 3 aromatic rings. The summed E-state index contributed by atoms with van der Waals surface area (Å²) in [5, 5.41) is 20.5. The summed E-state index contributed by atoms with van der Waals surface area (Å²) in [5.41, 5.74) is 4.81. The summed E-state index contributed by atoms with van der Waals surface area (Å²) in [6, 6.07) is 10.6. The Bertz CT molecular complexity index is 895. The molecule has 9 heteroatoms. The summed E-state index contributed by atoms with van der Waals surface area (Å²) in [6.45, 7) is 10.2. The van der Waals surface area contributed by atoms with Gasteiger partial charge in [0.05, 0.1) is 12.5 Å². The van der Waals surface area contributed by atoms with Crippen molar-refractivity contribution in [3.8, 4) is 0 Å². The molecule has 0 unspecified atom stereocenters. The number of unbranched alkanes of at least 4 members (excludes halogenated alkanes) is 1. The standard InChI is InChI=1S/C12H21BN2.C9H11N3.C4H6N2.Pt/c1-4-6-8-12(7-5-2)13-15-10-11(3)9-14-15;1-12(7-10)8-11-9-5-3-2-4-6-9;1-4-2-5-6-3-4;/h9-10H,4-8H2,1-3H3;2-5,7-8,10-11H,1H3;2-3H,1H3,(H,5,6);/q;-2;;+2. The molecule has 0 spiro atoms. The Labute approximate surface area is 220 Å². The predicted molar refractivity (Wildman–Crippen MR) is 141 cm³/mol. The maximum absolute atomic E-state index is 6.89. The van der Waals surface area contributed by atoms with E-state index in [-0.39, 0.29) is 21.1 Å². The number of hydrogen-bond acceptors (Lipinski definition) is 4. The molecule has 0 radical (unpaired) electrons. The zero-order valence-corrected chi connectivity index (χ0v) is 23.3. The Morgan fingerprint density at radius 2 is 2.03 bits per heavy atom. The molecule has 7 nitrogen and oxygen atoms in total. The fraction of sp³-hybridized carbons (Fsp3) is 0.400. The summed E-state index contributed by atoms with van der Waals surface area (Å²) in [4.78, 5) is 1.61. The molecule has 3 rings (SSSR count). The number of rotatable bonds is 10. The van der Waals surface area contributed by atoms with Crippen molar-refractivity contribution < 1.29 is 21.1 Å². The van der Waals surface area contributed by atoms with E-state index in [4.69, 9.17) is 5.41 Å². The van der Waals surface area contributed by atoms with Gasteiger partial charge in [0.25, 0.3) is 0 Å². The summed E-state index contributed by atoms with van der Waals surface area (Å²) in [6.07, 6.45) is 15.0. The molecule has 0 amide bonds. The predicted octanol–water partition coefficient (Wildman–Crippen LogP) is 5.09. The van der Waals surface area contributed by atoms with Crippen LogP contribution in [-0.2, 0) is 21.1 Å². The largest absolute Gasteiger partial charge is 2.00 e. The van der Waals surface area contributed by atoms with Crippen LogP contribution in [0.3, 0.4) is 0 Å². The van der Waals surface area contributed by atoms with Gasteiger partial charge in [-0.3, -0.25) is 10.5 Å². The number of nitrogens with zero attached hydrogens (tertiary/aromatic N) is 4. The number of nitrogens with one attached hydrogen (secondary N) is 3.